The molecule has 27 heavy (non-hydrogen) atoms. The molecule has 0 heterocycles. The maximum absolute atomic E-state index is 12.4. The zero-order valence-corrected chi connectivity index (χ0v) is 15.7. The maximum atomic E-state index is 12.4. The maximum Gasteiger partial charge on any atom is 0.341 e. The van der Waals surface area contributed by atoms with Crippen molar-refractivity contribution in [3.05, 3.63) is 35.9 Å². The van der Waals surface area contributed by atoms with Crippen molar-refractivity contribution in [3.63, 3.8) is 0 Å². The van der Waals surface area contributed by atoms with Crippen LogP contribution in [0.1, 0.15) is 49.9 Å². The number of carboxylic acid groups (broad SMARTS) is 1. The number of aliphatic carboxylic acids is 1. The van der Waals surface area contributed by atoms with E-state index in [1.165, 1.54) is 0 Å². The Labute approximate surface area is 158 Å². The van der Waals surface area contributed by atoms with E-state index in [0.717, 1.165) is 0 Å². The monoisotopic (exact) mass is 377 g/mol. The highest BCUT2D eigenvalue weighted by Gasteiger charge is 2.34. The summed E-state index contributed by atoms with van der Waals surface area (Å²) in [5, 5.41) is 9.06. The molecule has 0 spiro atoms. The summed E-state index contributed by atoms with van der Waals surface area (Å²) < 4.78 is 10.7. The summed E-state index contributed by atoms with van der Waals surface area (Å²) in [6.45, 7) is 3.56. The summed E-state index contributed by atoms with van der Waals surface area (Å²) in [6, 6.07) is 7.60. The topological polar surface area (TPSA) is 116 Å². The van der Waals surface area contributed by atoms with Crippen LogP contribution in [-0.2, 0) is 19.1 Å². The number of carbonyl (C=O) groups excluding carboxylic acids is 2. The minimum absolute atomic E-state index is 0.134. The number of esters is 2. The molecule has 2 unspecified atom stereocenters. The van der Waals surface area contributed by atoms with Crippen molar-refractivity contribution in [1.29, 1.82) is 0 Å². The van der Waals surface area contributed by atoms with Gasteiger partial charge in [-0.2, -0.15) is 0 Å². The fourth-order valence-corrected chi connectivity index (χ4v) is 3.15. The third-order valence-corrected chi connectivity index (χ3v) is 4.91. The first-order chi connectivity index (χ1) is 12.8. The number of benzene rings is 1. The fraction of sp³-hybridized carbons (Fsp3) is 0.550. The Morgan fingerprint density at radius 1 is 1.04 bits per heavy atom. The SMILES string of the molecule is CC(C)C(OC(=O)c1ccccc1)OC(=O)C(N)[C@H]1CC[C@H](C(=O)O)CC1. The van der Waals surface area contributed by atoms with Gasteiger partial charge in [-0.05, 0) is 43.7 Å². The van der Waals surface area contributed by atoms with E-state index in [4.69, 9.17) is 20.3 Å². The first-order valence-corrected chi connectivity index (χ1v) is 9.24. The minimum atomic E-state index is -1.04. The van der Waals surface area contributed by atoms with Crippen molar-refractivity contribution in [3.8, 4) is 0 Å². The van der Waals surface area contributed by atoms with Crippen molar-refractivity contribution in [2.45, 2.75) is 51.9 Å². The summed E-state index contributed by atoms with van der Waals surface area (Å²) in [4.78, 5) is 35.7. The molecule has 7 heteroatoms. The molecule has 3 N–H and O–H groups in total. The Balaban J connectivity index is 1.92. The van der Waals surface area contributed by atoms with Crippen LogP contribution in [0, 0.1) is 17.8 Å². The smallest absolute Gasteiger partial charge is 0.341 e. The first kappa shape index (κ1) is 20.9. The van der Waals surface area contributed by atoms with E-state index in [1.807, 2.05) is 0 Å². The molecule has 0 amide bonds. The van der Waals surface area contributed by atoms with Gasteiger partial charge in [0.05, 0.1) is 11.5 Å². The molecule has 2 rings (SSSR count). The Morgan fingerprint density at radius 2 is 1.63 bits per heavy atom. The van der Waals surface area contributed by atoms with E-state index in [0.29, 0.717) is 31.2 Å². The first-order valence-electron chi connectivity index (χ1n) is 9.24. The highest BCUT2D eigenvalue weighted by Crippen LogP contribution is 2.31. The standard InChI is InChI=1S/C20H27NO6/c1-12(2)20(26-18(24)15-6-4-3-5-7-15)27-19(25)16(21)13-8-10-14(11-9-13)17(22)23/h3-7,12-14,16,20H,8-11,21H2,1-2H3,(H,22,23)/t13-,14-,16?,20?. The number of nitrogens with two attached hydrogens (primary N) is 1. The van der Waals surface area contributed by atoms with Crippen LogP contribution in [0.25, 0.3) is 0 Å². The normalized spacial score (nSPS) is 21.9. The second-order valence-electron chi connectivity index (χ2n) is 7.30. The molecule has 7 nitrogen and oxygen atoms in total. The van der Waals surface area contributed by atoms with Crippen molar-refractivity contribution in [1.82, 2.24) is 0 Å². The lowest BCUT2D eigenvalue weighted by Gasteiger charge is -2.30. The average molecular weight is 377 g/mol. The van der Waals surface area contributed by atoms with E-state index >= 15 is 0 Å². The van der Waals surface area contributed by atoms with Gasteiger partial charge in [-0.15, -0.1) is 0 Å². The third kappa shape index (κ3) is 5.79. The van der Waals surface area contributed by atoms with E-state index in [2.05, 4.69) is 0 Å². The second-order valence-corrected chi connectivity index (χ2v) is 7.30. The van der Waals surface area contributed by atoms with Gasteiger partial charge in [-0.25, -0.2) is 4.79 Å². The molecule has 1 saturated carbocycles. The van der Waals surface area contributed by atoms with Gasteiger partial charge in [0.1, 0.15) is 6.04 Å². The van der Waals surface area contributed by atoms with Crippen LogP contribution in [0.4, 0.5) is 0 Å². The molecule has 0 saturated heterocycles. The number of carbonyl (C=O) groups is 3. The van der Waals surface area contributed by atoms with Gasteiger partial charge in [-0.3, -0.25) is 9.59 Å². The molecule has 0 bridgehead atoms. The lowest BCUT2D eigenvalue weighted by Crippen LogP contribution is -2.44. The third-order valence-electron chi connectivity index (χ3n) is 4.91. The second kappa shape index (κ2) is 9.50. The van der Waals surface area contributed by atoms with Gasteiger partial charge in [0, 0.05) is 5.92 Å². The van der Waals surface area contributed by atoms with Crippen LogP contribution in [0.3, 0.4) is 0 Å². The summed E-state index contributed by atoms with van der Waals surface area (Å²) in [5.41, 5.74) is 6.41. The van der Waals surface area contributed by atoms with Crippen molar-refractivity contribution < 1.29 is 29.0 Å². The molecular weight excluding hydrogens is 350 g/mol. The predicted molar refractivity (Wildman–Crippen MR) is 97.6 cm³/mol. The van der Waals surface area contributed by atoms with Crippen molar-refractivity contribution >= 4 is 17.9 Å². The molecule has 0 aliphatic heterocycles. The summed E-state index contributed by atoms with van der Waals surface area (Å²) in [7, 11) is 0. The molecule has 1 aromatic carbocycles. The summed E-state index contributed by atoms with van der Waals surface area (Å²) in [5.74, 6) is -2.76. The van der Waals surface area contributed by atoms with E-state index in [9.17, 15) is 14.4 Å². The van der Waals surface area contributed by atoms with E-state index in [-0.39, 0.29) is 17.8 Å². The zero-order chi connectivity index (χ0) is 20.0. The Kier molecular flexibility index (Phi) is 7.36. The average Bonchev–Trinajstić information content (AvgIpc) is 2.67. The molecule has 1 fully saturated rings. The molecule has 1 aromatic rings. The number of hydrogen-bond donors (Lipinski definition) is 2. The van der Waals surface area contributed by atoms with Crippen LogP contribution in [0.5, 0.6) is 0 Å². The lowest BCUT2D eigenvalue weighted by atomic mass is 9.79. The van der Waals surface area contributed by atoms with Gasteiger partial charge in [0.2, 0.25) is 6.29 Å². The van der Waals surface area contributed by atoms with Crippen LogP contribution in [0.2, 0.25) is 0 Å². The van der Waals surface area contributed by atoms with Crippen LogP contribution in [-0.4, -0.2) is 35.3 Å². The number of ether oxygens (including phenoxy) is 2. The molecular formula is C20H27NO6. The van der Waals surface area contributed by atoms with Crippen molar-refractivity contribution in [2.75, 3.05) is 0 Å². The summed E-state index contributed by atoms with van der Waals surface area (Å²) >= 11 is 0. The van der Waals surface area contributed by atoms with Gasteiger partial charge < -0.3 is 20.3 Å². The zero-order valence-electron chi connectivity index (χ0n) is 15.7. The van der Waals surface area contributed by atoms with Crippen molar-refractivity contribution in [2.24, 2.45) is 23.5 Å². The molecule has 1 aliphatic rings. The summed E-state index contributed by atoms with van der Waals surface area (Å²) in [6.07, 6.45) is 1.08. The lowest BCUT2D eigenvalue weighted by molar-refractivity contribution is -0.178. The van der Waals surface area contributed by atoms with Gasteiger partial charge in [0.15, 0.2) is 0 Å². The Bertz CT molecular complexity index is 652. The minimum Gasteiger partial charge on any atom is -0.481 e. The number of hydrogen-bond acceptors (Lipinski definition) is 6. The van der Waals surface area contributed by atoms with Crippen LogP contribution < -0.4 is 5.73 Å². The van der Waals surface area contributed by atoms with Gasteiger partial charge >= 0.3 is 17.9 Å². The molecule has 0 radical (unpaired) electrons. The van der Waals surface area contributed by atoms with E-state index < -0.39 is 30.2 Å². The highest BCUT2D eigenvalue weighted by atomic mass is 16.7. The largest absolute Gasteiger partial charge is 0.481 e. The highest BCUT2D eigenvalue weighted by molar-refractivity contribution is 5.89. The van der Waals surface area contributed by atoms with Gasteiger partial charge in [0.25, 0.3) is 0 Å². The van der Waals surface area contributed by atoms with Crippen LogP contribution >= 0.6 is 0 Å². The molecule has 1 aliphatic carbocycles. The quantitative estimate of drug-likeness (QED) is 0.554. The van der Waals surface area contributed by atoms with Gasteiger partial charge in [-0.1, -0.05) is 32.0 Å². The molecule has 2 atom stereocenters. The Morgan fingerprint density at radius 3 is 2.15 bits per heavy atom. The van der Waals surface area contributed by atoms with E-state index in [1.54, 1.807) is 44.2 Å². The fourth-order valence-electron chi connectivity index (χ4n) is 3.15. The number of rotatable bonds is 7. The Hall–Kier alpha value is -2.41. The predicted octanol–water partition coefficient (Wildman–Crippen LogP) is 2.59. The molecule has 148 valence electrons. The number of carboxylic acids is 1. The molecule has 0 aromatic heterocycles. The van der Waals surface area contributed by atoms with Crippen LogP contribution in [0.15, 0.2) is 30.3 Å².